The van der Waals surface area contributed by atoms with E-state index in [-0.39, 0.29) is 10.8 Å². The first-order valence-corrected chi connectivity index (χ1v) is 9.03. The SMILES string of the molecule is Cc1nn(C)cc1S(=O)(=O)NCC1CCCc2ccccc21. The fourth-order valence-corrected chi connectivity index (χ4v) is 4.49. The average molecular weight is 319 g/mol. The lowest BCUT2D eigenvalue weighted by Gasteiger charge is -2.25. The molecular formula is C16H21N3O2S. The Morgan fingerprint density at radius 3 is 2.86 bits per heavy atom. The molecule has 1 aromatic heterocycles. The number of aryl methyl sites for hydroxylation is 3. The average Bonchev–Trinajstić information content (AvgIpc) is 2.85. The first kappa shape index (κ1) is 15.2. The maximum atomic E-state index is 12.5. The van der Waals surface area contributed by atoms with Crippen molar-refractivity contribution in [1.29, 1.82) is 0 Å². The second-order valence-electron chi connectivity index (χ2n) is 5.89. The smallest absolute Gasteiger partial charge is 0.243 e. The first-order valence-electron chi connectivity index (χ1n) is 7.55. The van der Waals surface area contributed by atoms with Gasteiger partial charge < -0.3 is 0 Å². The molecule has 1 unspecified atom stereocenters. The van der Waals surface area contributed by atoms with Crippen molar-refractivity contribution in [3.63, 3.8) is 0 Å². The van der Waals surface area contributed by atoms with Gasteiger partial charge in [-0.2, -0.15) is 5.10 Å². The van der Waals surface area contributed by atoms with Crippen molar-refractivity contribution < 1.29 is 8.42 Å². The summed E-state index contributed by atoms with van der Waals surface area (Å²) in [4.78, 5) is 0.263. The third kappa shape index (κ3) is 2.94. The van der Waals surface area contributed by atoms with Crippen molar-refractivity contribution in [3.8, 4) is 0 Å². The molecular weight excluding hydrogens is 298 g/mol. The Hall–Kier alpha value is -1.66. The number of hydrogen-bond acceptors (Lipinski definition) is 3. The number of benzene rings is 1. The van der Waals surface area contributed by atoms with Gasteiger partial charge in [-0.3, -0.25) is 4.68 Å². The molecule has 6 heteroatoms. The molecule has 0 spiro atoms. The van der Waals surface area contributed by atoms with E-state index in [1.54, 1.807) is 20.2 Å². The standard InChI is InChI=1S/C16H21N3O2S/c1-12-16(11-19(2)18-12)22(20,21)17-10-14-8-5-7-13-6-3-4-9-15(13)14/h3-4,6,9,11,14,17H,5,7-8,10H2,1-2H3. The Labute approximate surface area is 131 Å². The van der Waals surface area contributed by atoms with E-state index in [0.717, 1.165) is 19.3 Å². The molecule has 1 heterocycles. The number of fused-ring (bicyclic) bond motifs is 1. The van der Waals surface area contributed by atoms with E-state index in [1.807, 2.05) is 12.1 Å². The van der Waals surface area contributed by atoms with Crippen molar-refractivity contribution in [2.75, 3.05) is 6.54 Å². The Morgan fingerprint density at radius 1 is 1.36 bits per heavy atom. The molecule has 118 valence electrons. The van der Waals surface area contributed by atoms with Crippen LogP contribution in [0.15, 0.2) is 35.4 Å². The largest absolute Gasteiger partial charge is 0.274 e. The fourth-order valence-electron chi connectivity index (χ4n) is 3.20. The molecule has 1 N–H and O–H groups in total. The van der Waals surface area contributed by atoms with E-state index in [1.165, 1.54) is 15.8 Å². The second-order valence-corrected chi connectivity index (χ2v) is 7.63. The van der Waals surface area contributed by atoms with Crippen molar-refractivity contribution >= 4 is 10.0 Å². The van der Waals surface area contributed by atoms with Crippen LogP contribution in [0.25, 0.3) is 0 Å². The molecule has 0 bridgehead atoms. The maximum absolute atomic E-state index is 12.5. The summed E-state index contributed by atoms with van der Waals surface area (Å²) in [6.45, 7) is 2.15. The van der Waals surface area contributed by atoms with E-state index < -0.39 is 10.0 Å². The van der Waals surface area contributed by atoms with Gasteiger partial charge in [0, 0.05) is 19.8 Å². The van der Waals surface area contributed by atoms with Crippen LogP contribution in [0.1, 0.15) is 35.6 Å². The lowest BCUT2D eigenvalue weighted by Crippen LogP contribution is -2.30. The van der Waals surface area contributed by atoms with Crippen LogP contribution in [0.2, 0.25) is 0 Å². The maximum Gasteiger partial charge on any atom is 0.243 e. The summed E-state index contributed by atoms with van der Waals surface area (Å²) in [5.41, 5.74) is 3.15. The highest BCUT2D eigenvalue weighted by Crippen LogP contribution is 2.31. The fraction of sp³-hybridized carbons (Fsp3) is 0.438. The van der Waals surface area contributed by atoms with Gasteiger partial charge >= 0.3 is 0 Å². The van der Waals surface area contributed by atoms with E-state index in [2.05, 4.69) is 22.0 Å². The summed E-state index contributed by atoms with van der Waals surface area (Å²) in [6, 6.07) is 8.32. The lowest BCUT2D eigenvalue weighted by molar-refractivity contribution is 0.528. The predicted octanol–water partition coefficient (Wildman–Crippen LogP) is 2.13. The van der Waals surface area contributed by atoms with Gasteiger partial charge in [-0.25, -0.2) is 13.1 Å². The molecule has 0 fully saturated rings. The quantitative estimate of drug-likeness (QED) is 0.939. The Balaban J connectivity index is 1.77. The van der Waals surface area contributed by atoms with E-state index in [0.29, 0.717) is 12.2 Å². The van der Waals surface area contributed by atoms with Crippen molar-refractivity contribution in [2.45, 2.75) is 37.0 Å². The van der Waals surface area contributed by atoms with Crippen molar-refractivity contribution in [2.24, 2.45) is 7.05 Å². The van der Waals surface area contributed by atoms with Crippen LogP contribution in [0.5, 0.6) is 0 Å². The Morgan fingerprint density at radius 2 is 2.14 bits per heavy atom. The molecule has 3 rings (SSSR count). The Bertz CT molecular complexity index is 780. The highest BCUT2D eigenvalue weighted by molar-refractivity contribution is 7.89. The van der Waals surface area contributed by atoms with Crippen molar-refractivity contribution in [3.05, 3.63) is 47.3 Å². The second kappa shape index (κ2) is 5.85. The molecule has 1 aliphatic rings. The van der Waals surface area contributed by atoms with Gasteiger partial charge in [-0.05, 0) is 43.2 Å². The molecule has 5 nitrogen and oxygen atoms in total. The highest BCUT2D eigenvalue weighted by Gasteiger charge is 2.24. The zero-order valence-corrected chi connectivity index (χ0v) is 13.7. The zero-order valence-electron chi connectivity index (χ0n) is 12.9. The van der Waals surface area contributed by atoms with Gasteiger partial charge in [-0.1, -0.05) is 24.3 Å². The van der Waals surface area contributed by atoms with Gasteiger partial charge in [0.25, 0.3) is 0 Å². The van der Waals surface area contributed by atoms with Gasteiger partial charge in [-0.15, -0.1) is 0 Å². The number of rotatable bonds is 4. The number of nitrogens with zero attached hydrogens (tertiary/aromatic N) is 2. The summed E-state index contributed by atoms with van der Waals surface area (Å²) in [5.74, 6) is 0.247. The van der Waals surface area contributed by atoms with Crippen molar-refractivity contribution in [1.82, 2.24) is 14.5 Å². The number of hydrogen-bond donors (Lipinski definition) is 1. The van der Waals surface area contributed by atoms with Crippen LogP contribution >= 0.6 is 0 Å². The third-order valence-electron chi connectivity index (χ3n) is 4.27. The molecule has 0 amide bonds. The lowest BCUT2D eigenvalue weighted by atomic mass is 9.83. The van der Waals surface area contributed by atoms with Gasteiger partial charge in [0.15, 0.2) is 0 Å². The molecule has 0 saturated heterocycles. The van der Waals surface area contributed by atoms with Gasteiger partial charge in [0.2, 0.25) is 10.0 Å². The topological polar surface area (TPSA) is 64.0 Å². The van der Waals surface area contributed by atoms with Crippen LogP contribution < -0.4 is 4.72 Å². The molecule has 1 atom stereocenters. The summed E-state index contributed by atoms with van der Waals surface area (Å²) < 4.78 is 29.2. The summed E-state index contributed by atoms with van der Waals surface area (Å²) >= 11 is 0. The summed E-state index contributed by atoms with van der Waals surface area (Å²) in [5, 5.41) is 4.11. The molecule has 1 aromatic carbocycles. The molecule has 1 aliphatic carbocycles. The van der Waals surface area contributed by atoms with E-state index in [9.17, 15) is 8.42 Å². The molecule has 22 heavy (non-hydrogen) atoms. The minimum absolute atomic E-state index is 0.247. The number of nitrogens with one attached hydrogen (secondary N) is 1. The summed E-state index contributed by atoms with van der Waals surface area (Å²) in [6.07, 6.45) is 4.76. The normalized spacial score (nSPS) is 18.2. The molecule has 0 radical (unpaired) electrons. The van der Waals surface area contributed by atoms with Gasteiger partial charge in [0.05, 0.1) is 5.69 Å². The predicted molar refractivity (Wildman–Crippen MR) is 85.3 cm³/mol. The van der Waals surface area contributed by atoms with Crippen LogP contribution in [0.3, 0.4) is 0 Å². The zero-order chi connectivity index (χ0) is 15.7. The third-order valence-corrected chi connectivity index (χ3v) is 5.80. The Kier molecular flexibility index (Phi) is 4.06. The van der Waals surface area contributed by atoms with Crippen LogP contribution in [-0.4, -0.2) is 24.7 Å². The summed E-state index contributed by atoms with van der Waals surface area (Å²) in [7, 11) is -1.78. The highest BCUT2D eigenvalue weighted by atomic mass is 32.2. The monoisotopic (exact) mass is 319 g/mol. The molecule has 0 aliphatic heterocycles. The molecule has 0 saturated carbocycles. The number of aromatic nitrogens is 2. The van der Waals surface area contributed by atoms with Gasteiger partial charge in [0.1, 0.15) is 4.90 Å². The van der Waals surface area contributed by atoms with E-state index >= 15 is 0 Å². The van der Waals surface area contributed by atoms with Crippen LogP contribution in [0, 0.1) is 6.92 Å². The minimum Gasteiger partial charge on any atom is -0.274 e. The van der Waals surface area contributed by atoms with E-state index in [4.69, 9.17) is 0 Å². The van der Waals surface area contributed by atoms with Crippen LogP contribution in [-0.2, 0) is 23.5 Å². The minimum atomic E-state index is -3.51. The number of sulfonamides is 1. The molecule has 2 aromatic rings. The van der Waals surface area contributed by atoms with Crippen LogP contribution in [0.4, 0.5) is 0 Å². The first-order chi connectivity index (χ1) is 10.5.